The molecule has 0 aromatic rings. The first-order chi connectivity index (χ1) is 9.40. The van der Waals surface area contributed by atoms with Crippen LogP contribution in [-0.2, 0) is 9.47 Å². The van der Waals surface area contributed by atoms with Crippen molar-refractivity contribution in [3.05, 3.63) is 0 Å². The monoisotopic (exact) mass is 286 g/mol. The first kappa shape index (κ1) is 16.6. The molecule has 1 aliphatic rings. The van der Waals surface area contributed by atoms with E-state index < -0.39 is 12.2 Å². The highest BCUT2D eigenvalue weighted by Crippen LogP contribution is 2.22. The highest BCUT2D eigenvalue weighted by Gasteiger charge is 2.29. The van der Waals surface area contributed by atoms with Crippen molar-refractivity contribution in [2.24, 2.45) is 0 Å². The van der Waals surface area contributed by atoms with Crippen LogP contribution in [0.3, 0.4) is 0 Å². The molecule has 0 radical (unpaired) electrons. The lowest BCUT2D eigenvalue weighted by Crippen LogP contribution is -2.53. The summed E-state index contributed by atoms with van der Waals surface area (Å²) in [5.74, 6) is 0. The Morgan fingerprint density at radius 3 is 2.05 bits per heavy atom. The number of rotatable bonds is 3. The molecule has 116 valence electrons. The van der Waals surface area contributed by atoms with Crippen LogP contribution in [0.4, 0.5) is 9.59 Å². The highest BCUT2D eigenvalue weighted by atomic mass is 16.6. The normalized spacial score (nSPS) is 16.1. The van der Waals surface area contributed by atoms with Gasteiger partial charge in [0.05, 0.1) is 18.2 Å². The lowest BCUT2D eigenvalue weighted by molar-refractivity contribution is 0.0245. The van der Waals surface area contributed by atoms with Crippen molar-refractivity contribution >= 4 is 12.2 Å². The van der Waals surface area contributed by atoms with Crippen molar-refractivity contribution in [3.63, 3.8) is 0 Å². The van der Waals surface area contributed by atoms with Crippen molar-refractivity contribution in [1.29, 1.82) is 0 Å². The average molecular weight is 286 g/mol. The molecule has 1 N–H and O–H groups in total. The molecule has 0 spiro atoms. The van der Waals surface area contributed by atoms with Gasteiger partial charge in [0.15, 0.2) is 0 Å². The van der Waals surface area contributed by atoms with E-state index >= 15 is 0 Å². The van der Waals surface area contributed by atoms with E-state index in [4.69, 9.17) is 9.47 Å². The minimum Gasteiger partial charge on any atom is -0.446 e. The molecule has 6 nitrogen and oxygen atoms in total. The molecule has 0 heterocycles. The zero-order valence-electron chi connectivity index (χ0n) is 12.8. The molecule has 1 aliphatic carbocycles. The Balaban J connectivity index is 2.67. The molecule has 1 rings (SSSR count). The fourth-order valence-electron chi connectivity index (χ4n) is 2.22. The Hall–Kier alpha value is -1.46. The van der Waals surface area contributed by atoms with E-state index in [1.807, 2.05) is 0 Å². The molecular weight excluding hydrogens is 260 g/mol. The number of hydrogen-bond acceptors (Lipinski definition) is 4. The third kappa shape index (κ3) is 5.67. The standard InChI is InChI=1S/C14H26N2O4/c1-10(2)19-13(17)15-16(14(18)20-11(3)4)12-8-6-5-7-9-12/h10-12H,5-9H2,1-4H3,(H,15,17). The van der Waals surface area contributed by atoms with Crippen LogP contribution in [0.25, 0.3) is 0 Å². The molecule has 0 aromatic carbocycles. The van der Waals surface area contributed by atoms with E-state index in [9.17, 15) is 9.59 Å². The van der Waals surface area contributed by atoms with Crippen molar-refractivity contribution in [2.75, 3.05) is 0 Å². The number of ether oxygens (including phenoxy) is 2. The second-order valence-corrected chi connectivity index (χ2v) is 5.66. The van der Waals surface area contributed by atoms with E-state index in [0.717, 1.165) is 25.7 Å². The molecule has 0 aromatic heterocycles. The van der Waals surface area contributed by atoms with Gasteiger partial charge in [-0.25, -0.2) is 20.0 Å². The third-order valence-electron chi connectivity index (χ3n) is 3.03. The summed E-state index contributed by atoms with van der Waals surface area (Å²) in [5.41, 5.74) is 2.52. The molecule has 0 unspecified atom stereocenters. The molecule has 0 saturated heterocycles. The second kappa shape index (κ2) is 7.97. The van der Waals surface area contributed by atoms with Gasteiger partial charge in [0.25, 0.3) is 0 Å². The van der Waals surface area contributed by atoms with Gasteiger partial charge in [-0.2, -0.15) is 0 Å². The third-order valence-corrected chi connectivity index (χ3v) is 3.03. The average Bonchev–Trinajstić information content (AvgIpc) is 2.35. The number of carbonyl (C=O) groups is 2. The maximum absolute atomic E-state index is 12.1. The van der Waals surface area contributed by atoms with Crippen molar-refractivity contribution < 1.29 is 19.1 Å². The summed E-state index contributed by atoms with van der Waals surface area (Å²) in [6.45, 7) is 7.08. The zero-order valence-corrected chi connectivity index (χ0v) is 12.8. The number of hydrazine groups is 1. The van der Waals surface area contributed by atoms with Gasteiger partial charge in [0, 0.05) is 0 Å². The first-order valence-corrected chi connectivity index (χ1v) is 7.37. The molecular formula is C14H26N2O4. The number of hydrogen-bond donors (Lipinski definition) is 1. The predicted octanol–water partition coefficient (Wildman–Crippen LogP) is 3.22. The molecule has 1 fully saturated rings. The van der Waals surface area contributed by atoms with E-state index in [-0.39, 0.29) is 18.2 Å². The van der Waals surface area contributed by atoms with Gasteiger partial charge in [0.2, 0.25) is 0 Å². The largest absolute Gasteiger partial charge is 0.446 e. The topological polar surface area (TPSA) is 67.9 Å². The van der Waals surface area contributed by atoms with Crippen LogP contribution >= 0.6 is 0 Å². The van der Waals surface area contributed by atoms with Crippen LogP contribution in [0.15, 0.2) is 0 Å². The number of carbonyl (C=O) groups excluding carboxylic acids is 2. The van der Waals surface area contributed by atoms with Crippen LogP contribution in [0.2, 0.25) is 0 Å². The summed E-state index contributed by atoms with van der Waals surface area (Å²) >= 11 is 0. The fraction of sp³-hybridized carbons (Fsp3) is 0.857. The van der Waals surface area contributed by atoms with Crippen LogP contribution in [0.1, 0.15) is 59.8 Å². The molecule has 6 heteroatoms. The van der Waals surface area contributed by atoms with Crippen LogP contribution in [0.5, 0.6) is 0 Å². The lowest BCUT2D eigenvalue weighted by Gasteiger charge is -2.33. The molecule has 2 amide bonds. The zero-order chi connectivity index (χ0) is 15.1. The van der Waals surface area contributed by atoms with Crippen molar-refractivity contribution in [1.82, 2.24) is 10.4 Å². The predicted molar refractivity (Wildman–Crippen MR) is 75.1 cm³/mol. The van der Waals surface area contributed by atoms with Crippen LogP contribution in [0, 0.1) is 0 Å². The highest BCUT2D eigenvalue weighted by molar-refractivity contribution is 5.74. The Labute approximate surface area is 120 Å². The van der Waals surface area contributed by atoms with Gasteiger partial charge in [-0.15, -0.1) is 0 Å². The summed E-state index contributed by atoms with van der Waals surface area (Å²) in [5, 5.41) is 1.30. The van der Waals surface area contributed by atoms with Gasteiger partial charge in [-0.3, -0.25) is 0 Å². The summed E-state index contributed by atoms with van der Waals surface area (Å²) in [7, 11) is 0. The smallest absolute Gasteiger partial charge is 0.429 e. The van der Waals surface area contributed by atoms with E-state index in [2.05, 4.69) is 5.43 Å². The van der Waals surface area contributed by atoms with E-state index in [1.54, 1.807) is 27.7 Å². The van der Waals surface area contributed by atoms with Crippen molar-refractivity contribution in [3.8, 4) is 0 Å². The van der Waals surface area contributed by atoms with Gasteiger partial charge >= 0.3 is 12.2 Å². The molecule has 0 atom stereocenters. The Morgan fingerprint density at radius 2 is 1.55 bits per heavy atom. The first-order valence-electron chi connectivity index (χ1n) is 7.37. The van der Waals surface area contributed by atoms with Crippen LogP contribution in [-0.4, -0.2) is 35.4 Å². The Morgan fingerprint density at radius 1 is 1.00 bits per heavy atom. The van der Waals surface area contributed by atoms with E-state index in [0.29, 0.717) is 0 Å². The van der Waals surface area contributed by atoms with Crippen LogP contribution < -0.4 is 5.43 Å². The molecule has 0 aliphatic heterocycles. The summed E-state index contributed by atoms with van der Waals surface area (Å²) < 4.78 is 10.2. The van der Waals surface area contributed by atoms with E-state index in [1.165, 1.54) is 11.4 Å². The van der Waals surface area contributed by atoms with Crippen molar-refractivity contribution in [2.45, 2.75) is 78.0 Å². The minimum atomic E-state index is -0.619. The minimum absolute atomic E-state index is 0.0188. The summed E-state index contributed by atoms with van der Waals surface area (Å²) in [6.07, 6.45) is 3.41. The second-order valence-electron chi connectivity index (χ2n) is 5.66. The molecule has 0 bridgehead atoms. The number of amides is 2. The van der Waals surface area contributed by atoms with Gasteiger partial charge in [-0.05, 0) is 40.5 Å². The summed E-state index contributed by atoms with van der Waals surface area (Å²) in [4.78, 5) is 23.8. The lowest BCUT2D eigenvalue weighted by atomic mass is 9.95. The Bertz CT molecular complexity index is 325. The fourth-order valence-corrected chi connectivity index (χ4v) is 2.22. The molecule has 1 saturated carbocycles. The maximum Gasteiger partial charge on any atom is 0.429 e. The quantitative estimate of drug-likeness (QED) is 0.809. The SMILES string of the molecule is CC(C)OC(=O)NN(C(=O)OC(C)C)C1CCCCC1. The number of nitrogens with zero attached hydrogens (tertiary/aromatic N) is 1. The Kier molecular flexibility index (Phi) is 6.61. The van der Waals surface area contributed by atoms with Gasteiger partial charge in [0.1, 0.15) is 0 Å². The van der Waals surface area contributed by atoms with Gasteiger partial charge < -0.3 is 9.47 Å². The maximum atomic E-state index is 12.1. The summed E-state index contributed by atoms with van der Waals surface area (Å²) in [6, 6.07) is -0.0188. The number of nitrogens with one attached hydrogen (secondary N) is 1. The van der Waals surface area contributed by atoms with Gasteiger partial charge in [-0.1, -0.05) is 19.3 Å². The molecule has 20 heavy (non-hydrogen) atoms.